The van der Waals surface area contributed by atoms with Crippen LogP contribution in [0.2, 0.25) is 0 Å². The molecule has 0 heterocycles. The van der Waals surface area contributed by atoms with Crippen molar-refractivity contribution in [2.75, 3.05) is 12.0 Å². The fourth-order valence-corrected chi connectivity index (χ4v) is 4.47. The minimum atomic E-state index is -3.87. The van der Waals surface area contributed by atoms with E-state index in [2.05, 4.69) is 15.4 Å². The number of nitrogens with one attached hydrogen (secondary N) is 3. The Bertz CT molecular complexity index is 964. The molecule has 0 saturated heterocycles. The third-order valence-corrected chi connectivity index (χ3v) is 6.75. The smallest absolute Gasteiger partial charge is 0.242 e. The van der Waals surface area contributed by atoms with E-state index >= 15 is 0 Å². The molecule has 0 fully saturated rings. The lowest BCUT2D eigenvalue weighted by molar-refractivity contribution is -0.129. The van der Waals surface area contributed by atoms with E-state index in [1.54, 1.807) is 19.1 Å². The molecule has 2 unspecified atom stereocenters. The van der Waals surface area contributed by atoms with Crippen LogP contribution >= 0.6 is 11.8 Å². The summed E-state index contributed by atoms with van der Waals surface area (Å²) in [4.78, 5) is 25.2. The molecule has 0 aliphatic carbocycles. The molecular formula is C22H29N3O4S2. The van der Waals surface area contributed by atoms with E-state index in [1.807, 2.05) is 43.5 Å². The number of hydrogen-bond acceptors (Lipinski definition) is 5. The molecule has 0 radical (unpaired) electrons. The fraction of sp³-hybridized carbons (Fsp3) is 0.364. The molecule has 0 spiro atoms. The molecule has 0 aliphatic rings. The average molecular weight is 464 g/mol. The lowest BCUT2D eigenvalue weighted by Gasteiger charge is -2.21. The zero-order valence-electron chi connectivity index (χ0n) is 17.9. The topological polar surface area (TPSA) is 104 Å². The molecule has 168 valence electrons. The number of sulfonamides is 1. The second kappa shape index (κ2) is 11.9. The number of benzene rings is 2. The van der Waals surface area contributed by atoms with Crippen LogP contribution in [0.4, 0.5) is 0 Å². The van der Waals surface area contributed by atoms with Crippen LogP contribution in [-0.2, 0) is 26.2 Å². The molecule has 7 nitrogen and oxygen atoms in total. The highest BCUT2D eigenvalue weighted by Gasteiger charge is 2.27. The maximum Gasteiger partial charge on any atom is 0.242 e. The van der Waals surface area contributed by atoms with Crippen molar-refractivity contribution < 1.29 is 18.0 Å². The van der Waals surface area contributed by atoms with Crippen LogP contribution in [0.15, 0.2) is 59.5 Å². The molecule has 0 aliphatic heterocycles. The summed E-state index contributed by atoms with van der Waals surface area (Å²) in [6, 6.07) is 14.0. The summed E-state index contributed by atoms with van der Waals surface area (Å²) in [6.45, 7) is 3.77. The second-order valence-corrected chi connectivity index (χ2v) is 9.90. The van der Waals surface area contributed by atoms with E-state index in [0.29, 0.717) is 18.7 Å². The van der Waals surface area contributed by atoms with Gasteiger partial charge in [0.25, 0.3) is 0 Å². The van der Waals surface area contributed by atoms with Crippen molar-refractivity contribution in [3.05, 3.63) is 65.7 Å². The predicted octanol–water partition coefficient (Wildman–Crippen LogP) is 2.22. The predicted molar refractivity (Wildman–Crippen MR) is 124 cm³/mol. The van der Waals surface area contributed by atoms with Gasteiger partial charge >= 0.3 is 0 Å². The van der Waals surface area contributed by atoms with Gasteiger partial charge < -0.3 is 10.6 Å². The van der Waals surface area contributed by atoms with Crippen LogP contribution in [0.25, 0.3) is 0 Å². The molecule has 2 rings (SSSR count). The number of hydrogen-bond donors (Lipinski definition) is 3. The molecule has 2 amide bonds. The van der Waals surface area contributed by atoms with Gasteiger partial charge in [-0.2, -0.15) is 16.5 Å². The highest BCUT2D eigenvalue weighted by molar-refractivity contribution is 7.98. The van der Waals surface area contributed by atoms with E-state index in [-0.39, 0.29) is 10.8 Å². The first kappa shape index (κ1) is 24.9. The van der Waals surface area contributed by atoms with Crippen molar-refractivity contribution in [1.82, 2.24) is 15.4 Å². The standard InChI is InChI=1S/C22H29N3O4S2/c1-16-9-11-19(12-10-16)31(28,29)25-20(13-14-30-3)22(27)24-17(2)21(26)23-15-18-7-5-4-6-8-18/h4-12,17,20,25H,13-15H2,1-3H3,(H,23,26)(H,24,27). The highest BCUT2D eigenvalue weighted by Crippen LogP contribution is 2.12. The number of amides is 2. The van der Waals surface area contributed by atoms with E-state index in [9.17, 15) is 18.0 Å². The van der Waals surface area contributed by atoms with Gasteiger partial charge in [0.2, 0.25) is 21.8 Å². The van der Waals surface area contributed by atoms with Crippen molar-refractivity contribution in [2.24, 2.45) is 0 Å². The maximum atomic E-state index is 12.8. The van der Waals surface area contributed by atoms with E-state index in [4.69, 9.17) is 0 Å². The zero-order chi connectivity index (χ0) is 22.9. The number of aryl methyl sites for hydroxylation is 1. The Morgan fingerprint density at radius 3 is 2.26 bits per heavy atom. The van der Waals surface area contributed by atoms with Gasteiger partial charge in [-0.15, -0.1) is 0 Å². The third kappa shape index (κ3) is 8.01. The van der Waals surface area contributed by atoms with Gasteiger partial charge in [-0.1, -0.05) is 48.0 Å². The first-order valence-corrected chi connectivity index (χ1v) is 12.8. The molecule has 2 aromatic rings. The number of thioether (sulfide) groups is 1. The van der Waals surface area contributed by atoms with Gasteiger partial charge in [-0.25, -0.2) is 8.42 Å². The van der Waals surface area contributed by atoms with Gasteiger partial charge in [0, 0.05) is 6.54 Å². The van der Waals surface area contributed by atoms with E-state index < -0.39 is 28.0 Å². The SMILES string of the molecule is CSCCC(NS(=O)(=O)c1ccc(C)cc1)C(=O)NC(C)C(=O)NCc1ccccc1. The largest absolute Gasteiger partial charge is 0.350 e. The van der Waals surface area contributed by atoms with Crippen LogP contribution in [0.1, 0.15) is 24.5 Å². The maximum absolute atomic E-state index is 12.8. The van der Waals surface area contributed by atoms with Gasteiger partial charge in [0.1, 0.15) is 12.1 Å². The van der Waals surface area contributed by atoms with Crippen LogP contribution in [-0.4, -0.2) is 44.3 Å². The Kier molecular flexibility index (Phi) is 9.54. The average Bonchev–Trinajstić information content (AvgIpc) is 2.75. The fourth-order valence-electron chi connectivity index (χ4n) is 2.77. The number of rotatable bonds is 11. The summed E-state index contributed by atoms with van der Waals surface area (Å²) in [7, 11) is -3.87. The van der Waals surface area contributed by atoms with Gasteiger partial charge in [0.15, 0.2) is 0 Å². The van der Waals surface area contributed by atoms with Crippen LogP contribution in [0.3, 0.4) is 0 Å². The highest BCUT2D eigenvalue weighted by atomic mass is 32.2. The molecular weight excluding hydrogens is 434 g/mol. The van der Waals surface area contributed by atoms with Crippen molar-refractivity contribution in [3.8, 4) is 0 Å². The van der Waals surface area contributed by atoms with E-state index in [1.165, 1.54) is 23.9 Å². The van der Waals surface area contributed by atoms with Crippen molar-refractivity contribution in [2.45, 2.75) is 43.8 Å². The van der Waals surface area contributed by atoms with E-state index in [0.717, 1.165) is 11.1 Å². The lowest BCUT2D eigenvalue weighted by atomic mass is 10.2. The Morgan fingerprint density at radius 2 is 1.65 bits per heavy atom. The summed E-state index contributed by atoms with van der Waals surface area (Å²) in [6.07, 6.45) is 2.18. The molecule has 0 saturated carbocycles. The Hall–Kier alpha value is -2.36. The number of carbonyl (C=O) groups is 2. The number of carbonyl (C=O) groups excluding carboxylic acids is 2. The molecule has 9 heteroatoms. The Labute approximate surface area is 188 Å². The molecule has 0 aromatic heterocycles. The monoisotopic (exact) mass is 463 g/mol. The zero-order valence-corrected chi connectivity index (χ0v) is 19.6. The quantitative estimate of drug-likeness (QED) is 0.474. The van der Waals surface area contributed by atoms with Crippen LogP contribution in [0, 0.1) is 6.92 Å². The van der Waals surface area contributed by atoms with Crippen molar-refractivity contribution in [1.29, 1.82) is 0 Å². The molecule has 2 aromatic carbocycles. The molecule has 2 atom stereocenters. The minimum absolute atomic E-state index is 0.0914. The molecule has 3 N–H and O–H groups in total. The van der Waals surface area contributed by atoms with Gasteiger partial charge in [-0.05, 0) is 50.0 Å². The first-order valence-electron chi connectivity index (χ1n) is 9.93. The lowest BCUT2D eigenvalue weighted by Crippen LogP contribution is -2.52. The summed E-state index contributed by atoms with van der Waals surface area (Å²) in [5.41, 5.74) is 1.88. The summed E-state index contributed by atoms with van der Waals surface area (Å²) >= 11 is 1.51. The second-order valence-electron chi connectivity index (χ2n) is 7.20. The summed E-state index contributed by atoms with van der Waals surface area (Å²) in [5.74, 6) is -0.294. The third-order valence-electron chi connectivity index (χ3n) is 4.62. The van der Waals surface area contributed by atoms with Gasteiger partial charge in [-0.3, -0.25) is 9.59 Å². The molecule has 0 bridgehead atoms. The van der Waals surface area contributed by atoms with Gasteiger partial charge in [0.05, 0.1) is 4.90 Å². The first-order chi connectivity index (χ1) is 14.7. The normalized spacial score (nSPS) is 13.3. The van der Waals surface area contributed by atoms with Crippen LogP contribution in [0.5, 0.6) is 0 Å². The van der Waals surface area contributed by atoms with Crippen molar-refractivity contribution in [3.63, 3.8) is 0 Å². The van der Waals surface area contributed by atoms with Crippen LogP contribution < -0.4 is 15.4 Å². The molecule has 31 heavy (non-hydrogen) atoms. The Balaban J connectivity index is 2.00. The van der Waals surface area contributed by atoms with Crippen molar-refractivity contribution >= 4 is 33.6 Å². The Morgan fingerprint density at radius 1 is 1.00 bits per heavy atom. The summed E-state index contributed by atoms with van der Waals surface area (Å²) < 4.78 is 27.9. The minimum Gasteiger partial charge on any atom is -0.350 e. The summed E-state index contributed by atoms with van der Waals surface area (Å²) in [5, 5.41) is 5.39.